The first-order valence-electron chi connectivity index (χ1n) is 8.29. The number of halogens is 1. The monoisotopic (exact) mass is 433 g/mol. The number of guanidine groups is 1. The standard InChI is InChI=1S/C16H27N5O.HI/c1-12-4-8-21(9-5-12)16(17)18-11-13-6-10-22-15(13)14-3-7-19-20(14)2;/h3,7,12-13,15H,4-6,8-11H2,1-2H3,(H2,17,18);1H/t13-,15+;/m0./s1. The second-order valence-electron chi connectivity index (χ2n) is 6.59. The first-order valence-corrected chi connectivity index (χ1v) is 8.29. The average molecular weight is 433 g/mol. The molecular formula is C16H28IN5O. The smallest absolute Gasteiger partial charge is 0.191 e. The molecule has 1 aromatic rings. The van der Waals surface area contributed by atoms with Gasteiger partial charge in [-0.05, 0) is 31.2 Å². The second-order valence-corrected chi connectivity index (χ2v) is 6.59. The number of ether oxygens (including phenoxy) is 1. The number of nitrogens with zero attached hydrogens (tertiary/aromatic N) is 4. The minimum absolute atomic E-state index is 0. The Kier molecular flexibility index (Phi) is 6.70. The van der Waals surface area contributed by atoms with E-state index in [2.05, 4.69) is 21.9 Å². The van der Waals surface area contributed by atoms with Gasteiger partial charge in [0.05, 0.1) is 5.69 Å². The molecule has 1 aromatic heterocycles. The molecule has 0 amide bonds. The van der Waals surface area contributed by atoms with Crippen LogP contribution in [-0.2, 0) is 11.8 Å². The molecule has 2 saturated heterocycles. The van der Waals surface area contributed by atoms with Crippen LogP contribution in [0.5, 0.6) is 0 Å². The summed E-state index contributed by atoms with van der Waals surface area (Å²) in [6.07, 6.45) is 5.36. The zero-order valence-electron chi connectivity index (χ0n) is 14.0. The van der Waals surface area contributed by atoms with Crippen molar-refractivity contribution in [3.8, 4) is 0 Å². The van der Waals surface area contributed by atoms with E-state index in [4.69, 9.17) is 10.5 Å². The van der Waals surface area contributed by atoms with Gasteiger partial charge >= 0.3 is 0 Å². The molecule has 2 atom stereocenters. The molecule has 0 aromatic carbocycles. The molecule has 0 unspecified atom stereocenters. The van der Waals surface area contributed by atoms with Crippen LogP contribution in [0.3, 0.4) is 0 Å². The Morgan fingerprint density at radius 3 is 2.78 bits per heavy atom. The molecule has 2 aliphatic rings. The number of hydrogen-bond donors (Lipinski definition) is 1. The molecule has 3 rings (SSSR count). The van der Waals surface area contributed by atoms with Crippen molar-refractivity contribution >= 4 is 29.9 Å². The lowest BCUT2D eigenvalue weighted by atomic mass is 9.99. The van der Waals surface area contributed by atoms with Gasteiger partial charge in [-0.2, -0.15) is 5.10 Å². The van der Waals surface area contributed by atoms with Crippen LogP contribution in [0.4, 0.5) is 0 Å². The first kappa shape index (κ1) is 18.5. The summed E-state index contributed by atoms with van der Waals surface area (Å²) < 4.78 is 7.79. The highest BCUT2D eigenvalue weighted by Crippen LogP contribution is 2.34. The van der Waals surface area contributed by atoms with E-state index in [0.29, 0.717) is 11.9 Å². The van der Waals surface area contributed by atoms with E-state index >= 15 is 0 Å². The normalized spacial score (nSPS) is 26.3. The number of piperidine rings is 1. The summed E-state index contributed by atoms with van der Waals surface area (Å²) in [5.74, 6) is 1.89. The minimum Gasteiger partial charge on any atom is -0.372 e. The van der Waals surface area contributed by atoms with Crippen LogP contribution in [-0.4, -0.2) is 46.9 Å². The summed E-state index contributed by atoms with van der Waals surface area (Å²) in [4.78, 5) is 6.87. The third kappa shape index (κ3) is 4.37. The molecule has 130 valence electrons. The van der Waals surface area contributed by atoms with Crippen molar-refractivity contribution in [3.05, 3.63) is 18.0 Å². The third-order valence-corrected chi connectivity index (χ3v) is 4.96. The van der Waals surface area contributed by atoms with Gasteiger partial charge in [-0.15, -0.1) is 24.0 Å². The fourth-order valence-electron chi connectivity index (χ4n) is 3.36. The SMILES string of the molecule is CC1CCN(C(N)=NC[C@@H]2CCO[C@H]2c2ccnn2C)CC1.I. The van der Waals surface area contributed by atoms with Crippen molar-refractivity contribution in [1.82, 2.24) is 14.7 Å². The van der Waals surface area contributed by atoms with Gasteiger partial charge in [-0.25, -0.2) is 0 Å². The molecule has 0 saturated carbocycles. The van der Waals surface area contributed by atoms with Gasteiger partial charge < -0.3 is 15.4 Å². The first-order chi connectivity index (χ1) is 10.6. The Balaban J connectivity index is 0.00000192. The van der Waals surface area contributed by atoms with Crippen LogP contribution in [0.25, 0.3) is 0 Å². The van der Waals surface area contributed by atoms with Crippen LogP contribution in [0.1, 0.15) is 38.0 Å². The molecule has 2 N–H and O–H groups in total. The highest BCUT2D eigenvalue weighted by molar-refractivity contribution is 14.0. The summed E-state index contributed by atoms with van der Waals surface area (Å²) >= 11 is 0. The minimum atomic E-state index is 0. The number of aliphatic imine (C=N–C) groups is 1. The van der Waals surface area contributed by atoms with Gasteiger partial charge in [0.15, 0.2) is 5.96 Å². The Labute approximate surface area is 155 Å². The van der Waals surface area contributed by atoms with Gasteiger partial charge in [-0.3, -0.25) is 9.67 Å². The lowest BCUT2D eigenvalue weighted by molar-refractivity contribution is 0.0858. The Morgan fingerprint density at radius 1 is 1.39 bits per heavy atom. The maximum absolute atomic E-state index is 6.18. The molecule has 0 radical (unpaired) electrons. The topological polar surface area (TPSA) is 68.7 Å². The van der Waals surface area contributed by atoms with Gasteiger partial charge in [0.25, 0.3) is 0 Å². The largest absolute Gasteiger partial charge is 0.372 e. The predicted octanol–water partition coefficient (Wildman–Crippen LogP) is 2.16. The lowest BCUT2D eigenvalue weighted by Crippen LogP contribution is -2.42. The van der Waals surface area contributed by atoms with E-state index in [1.54, 1.807) is 0 Å². The van der Waals surface area contributed by atoms with Crippen LogP contribution < -0.4 is 5.73 Å². The molecule has 0 spiro atoms. The van der Waals surface area contributed by atoms with Gasteiger partial charge in [-0.1, -0.05) is 6.92 Å². The van der Waals surface area contributed by atoms with Gasteiger partial charge in [0.2, 0.25) is 0 Å². The number of rotatable bonds is 3. The maximum atomic E-state index is 6.18. The van der Waals surface area contributed by atoms with E-state index in [1.807, 2.05) is 24.0 Å². The van der Waals surface area contributed by atoms with Crippen molar-refractivity contribution < 1.29 is 4.74 Å². The molecule has 6 nitrogen and oxygen atoms in total. The van der Waals surface area contributed by atoms with Crippen LogP contribution >= 0.6 is 24.0 Å². The fourth-order valence-corrected chi connectivity index (χ4v) is 3.36. The Bertz CT molecular complexity index is 524. The van der Waals surface area contributed by atoms with Crippen molar-refractivity contribution in [3.63, 3.8) is 0 Å². The molecule has 2 fully saturated rings. The number of aromatic nitrogens is 2. The highest BCUT2D eigenvalue weighted by Gasteiger charge is 2.31. The summed E-state index contributed by atoms with van der Waals surface area (Å²) in [5.41, 5.74) is 7.31. The molecular weight excluding hydrogens is 405 g/mol. The van der Waals surface area contributed by atoms with Crippen molar-refractivity contribution in [2.24, 2.45) is 29.6 Å². The van der Waals surface area contributed by atoms with Gasteiger partial charge in [0.1, 0.15) is 6.10 Å². The number of nitrogens with two attached hydrogens (primary N) is 1. The molecule has 7 heteroatoms. The number of likely N-dealkylation sites (tertiary alicyclic amines) is 1. The third-order valence-electron chi connectivity index (χ3n) is 4.96. The Hall–Kier alpha value is -0.830. The molecule has 2 aliphatic heterocycles. The van der Waals surface area contributed by atoms with E-state index < -0.39 is 0 Å². The highest BCUT2D eigenvalue weighted by atomic mass is 127. The van der Waals surface area contributed by atoms with Crippen LogP contribution in [0.2, 0.25) is 0 Å². The van der Waals surface area contributed by atoms with Crippen molar-refractivity contribution in [1.29, 1.82) is 0 Å². The quantitative estimate of drug-likeness (QED) is 0.451. The summed E-state index contributed by atoms with van der Waals surface area (Å²) in [6, 6.07) is 2.03. The van der Waals surface area contributed by atoms with Crippen molar-refractivity contribution in [2.75, 3.05) is 26.2 Å². The summed E-state index contributed by atoms with van der Waals surface area (Å²) in [6.45, 7) is 5.88. The number of aryl methyl sites for hydroxylation is 1. The van der Waals surface area contributed by atoms with Crippen LogP contribution in [0, 0.1) is 11.8 Å². The zero-order chi connectivity index (χ0) is 15.5. The van der Waals surface area contributed by atoms with E-state index in [0.717, 1.165) is 44.3 Å². The van der Waals surface area contributed by atoms with E-state index in [9.17, 15) is 0 Å². The van der Waals surface area contributed by atoms with E-state index in [-0.39, 0.29) is 30.1 Å². The predicted molar refractivity (Wildman–Crippen MR) is 102 cm³/mol. The number of hydrogen-bond acceptors (Lipinski definition) is 3. The fraction of sp³-hybridized carbons (Fsp3) is 0.750. The molecule has 0 aliphatic carbocycles. The second kappa shape index (κ2) is 8.32. The average Bonchev–Trinajstić information content (AvgIpc) is 3.13. The zero-order valence-corrected chi connectivity index (χ0v) is 16.3. The van der Waals surface area contributed by atoms with Gasteiger partial charge in [0, 0.05) is 45.4 Å². The molecule has 0 bridgehead atoms. The maximum Gasteiger partial charge on any atom is 0.191 e. The van der Waals surface area contributed by atoms with Crippen molar-refractivity contribution in [2.45, 2.75) is 32.3 Å². The lowest BCUT2D eigenvalue weighted by Gasteiger charge is -2.31. The summed E-state index contributed by atoms with van der Waals surface area (Å²) in [7, 11) is 1.96. The summed E-state index contributed by atoms with van der Waals surface area (Å²) in [5, 5.41) is 4.24. The molecule has 23 heavy (non-hydrogen) atoms. The molecule has 3 heterocycles. The van der Waals surface area contributed by atoms with E-state index in [1.165, 1.54) is 12.8 Å². The Morgan fingerprint density at radius 2 is 2.13 bits per heavy atom. The van der Waals surface area contributed by atoms with Crippen LogP contribution in [0.15, 0.2) is 17.3 Å².